The van der Waals surface area contributed by atoms with Crippen LogP contribution in [0.5, 0.6) is 0 Å². The van der Waals surface area contributed by atoms with Gasteiger partial charge in [0.1, 0.15) is 0 Å². The number of aryl methyl sites for hydroxylation is 1. The van der Waals surface area contributed by atoms with E-state index in [-0.39, 0.29) is 11.2 Å². The minimum Gasteiger partial charge on any atom is -0.332 e. The van der Waals surface area contributed by atoms with Gasteiger partial charge in [0.05, 0.1) is 10.8 Å². The second kappa shape index (κ2) is 6.42. The highest BCUT2D eigenvalue weighted by atomic mass is 32.2. The number of rotatable bonds is 4. The zero-order valence-corrected chi connectivity index (χ0v) is 14.1. The molecule has 2 aromatic heterocycles. The van der Waals surface area contributed by atoms with Crippen LogP contribution >= 0.6 is 11.8 Å². The van der Waals surface area contributed by atoms with Crippen LogP contribution < -0.4 is 5.32 Å². The van der Waals surface area contributed by atoms with Gasteiger partial charge in [-0.25, -0.2) is 9.97 Å². The van der Waals surface area contributed by atoms with Crippen molar-refractivity contribution in [2.75, 3.05) is 5.32 Å². The molecule has 0 saturated heterocycles. The van der Waals surface area contributed by atoms with E-state index in [1.165, 1.54) is 11.8 Å². The van der Waals surface area contributed by atoms with Crippen LogP contribution in [0.25, 0.3) is 11.2 Å². The van der Waals surface area contributed by atoms with Gasteiger partial charge in [-0.1, -0.05) is 23.9 Å². The highest BCUT2D eigenvalue weighted by Gasteiger charge is 2.17. The molecule has 0 aliphatic carbocycles. The van der Waals surface area contributed by atoms with Crippen LogP contribution in [-0.2, 0) is 4.79 Å². The molecule has 0 spiro atoms. The molecule has 3 aromatic rings. The Morgan fingerprint density at radius 1 is 1.26 bits per heavy atom. The van der Waals surface area contributed by atoms with E-state index in [9.17, 15) is 4.79 Å². The summed E-state index contributed by atoms with van der Waals surface area (Å²) < 4.78 is 0. The van der Waals surface area contributed by atoms with Gasteiger partial charge in [0.15, 0.2) is 10.8 Å². The molecule has 0 bridgehead atoms. The van der Waals surface area contributed by atoms with Gasteiger partial charge >= 0.3 is 0 Å². The maximum atomic E-state index is 12.4. The standard InChI is InChI=1S/C17H18N4OS/c1-10-6-4-7-13(11(10)2)19-16(22)12(3)23-17-20-14-8-5-9-18-15(14)21-17/h4-9,12H,1-3H3,(H,19,22)(H,18,20,21)/t12-/m0/s1. The maximum Gasteiger partial charge on any atom is 0.237 e. The fraction of sp³-hybridized carbons (Fsp3) is 0.235. The minimum absolute atomic E-state index is 0.0443. The number of amides is 1. The molecule has 6 heteroatoms. The third-order valence-electron chi connectivity index (χ3n) is 3.76. The fourth-order valence-electron chi connectivity index (χ4n) is 2.22. The number of aromatic amines is 1. The Morgan fingerprint density at radius 2 is 2.09 bits per heavy atom. The summed E-state index contributed by atoms with van der Waals surface area (Å²) in [7, 11) is 0. The van der Waals surface area contributed by atoms with Crippen LogP contribution in [-0.4, -0.2) is 26.1 Å². The number of imidazole rings is 1. The summed E-state index contributed by atoms with van der Waals surface area (Å²) >= 11 is 1.39. The zero-order valence-electron chi connectivity index (χ0n) is 13.3. The highest BCUT2D eigenvalue weighted by molar-refractivity contribution is 8.00. The van der Waals surface area contributed by atoms with Gasteiger partial charge in [-0.05, 0) is 50.1 Å². The molecule has 3 rings (SSSR count). The Morgan fingerprint density at radius 3 is 2.87 bits per heavy atom. The Bertz CT molecular complexity index is 826. The van der Waals surface area contributed by atoms with Crippen molar-refractivity contribution < 1.29 is 4.79 Å². The number of carbonyl (C=O) groups is 1. The quantitative estimate of drug-likeness (QED) is 0.717. The smallest absolute Gasteiger partial charge is 0.237 e. The second-order valence-electron chi connectivity index (χ2n) is 5.41. The first kappa shape index (κ1) is 15.6. The van der Waals surface area contributed by atoms with E-state index < -0.39 is 0 Å². The lowest BCUT2D eigenvalue weighted by atomic mass is 10.1. The SMILES string of the molecule is Cc1cccc(NC(=O)[C@H](C)Sc2nc3ncccc3[nH]2)c1C. The van der Waals surface area contributed by atoms with E-state index in [4.69, 9.17) is 0 Å². The van der Waals surface area contributed by atoms with Gasteiger partial charge in [-0.3, -0.25) is 4.79 Å². The average molecular weight is 326 g/mol. The van der Waals surface area contributed by atoms with Crippen LogP contribution in [0, 0.1) is 13.8 Å². The number of nitrogens with one attached hydrogen (secondary N) is 2. The Balaban J connectivity index is 1.71. The largest absolute Gasteiger partial charge is 0.332 e. The number of nitrogens with zero attached hydrogens (tertiary/aromatic N) is 2. The number of hydrogen-bond acceptors (Lipinski definition) is 4. The molecule has 2 heterocycles. The van der Waals surface area contributed by atoms with Gasteiger partial charge < -0.3 is 10.3 Å². The summed E-state index contributed by atoms with van der Waals surface area (Å²) in [6.45, 7) is 5.91. The molecule has 1 amide bonds. The fourth-order valence-corrected chi connectivity index (χ4v) is 3.03. The molecule has 0 unspecified atom stereocenters. The first-order chi connectivity index (χ1) is 11.0. The molecule has 118 valence electrons. The summed E-state index contributed by atoms with van der Waals surface area (Å²) in [5, 5.41) is 3.42. The second-order valence-corrected chi connectivity index (χ2v) is 6.74. The predicted octanol–water partition coefficient (Wildman–Crippen LogP) is 3.69. The molecule has 0 saturated carbocycles. The van der Waals surface area contributed by atoms with Crippen molar-refractivity contribution in [1.82, 2.24) is 15.0 Å². The molecular formula is C17H18N4OS. The van der Waals surface area contributed by atoms with Crippen LogP contribution in [0.2, 0.25) is 0 Å². The first-order valence-corrected chi connectivity index (χ1v) is 8.27. The number of thioether (sulfide) groups is 1. The third-order valence-corrected chi connectivity index (χ3v) is 4.74. The lowest BCUT2D eigenvalue weighted by Crippen LogP contribution is -2.23. The molecule has 23 heavy (non-hydrogen) atoms. The van der Waals surface area contributed by atoms with Crippen LogP contribution in [0.1, 0.15) is 18.1 Å². The Hall–Kier alpha value is -2.34. The molecule has 5 nitrogen and oxygen atoms in total. The van der Waals surface area contributed by atoms with Gasteiger partial charge in [0, 0.05) is 11.9 Å². The van der Waals surface area contributed by atoms with E-state index in [1.807, 2.05) is 51.1 Å². The van der Waals surface area contributed by atoms with Crippen LogP contribution in [0.3, 0.4) is 0 Å². The Labute approximate surface area is 138 Å². The average Bonchev–Trinajstić information content (AvgIpc) is 2.93. The van der Waals surface area contributed by atoms with Gasteiger partial charge in [-0.15, -0.1) is 0 Å². The summed E-state index contributed by atoms with van der Waals surface area (Å²) in [4.78, 5) is 24.2. The van der Waals surface area contributed by atoms with Crippen LogP contribution in [0.4, 0.5) is 5.69 Å². The predicted molar refractivity (Wildman–Crippen MR) is 93.8 cm³/mol. The molecule has 0 aliphatic heterocycles. The number of benzene rings is 1. The zero-order chi connectivity index (χ0) is 16.4. The van der Waals surface area contributed by atoms with Crippen molar-refractivity contribution in [1.29, 1.82) is 0 Å². The van der Waals surface area contributed by atoms with Crippen molar-refractivity contribution in [3.05, 3.63) is 47.7 Å². The molecular weight excluding hydrogens is 308 g/mol. The monoisotopic (exact) mass is 326 g/mol. The lowest BCUT2D eigenvalue weighted by molar-refractivity contribution is -0.115. The van der Waals surface area contributed by atoms with Crippen molar-refractivity contribution in [3.8, 4) is 0 Å². The first-order valence-electron chi connectivity index (χ1n) is 7.39. The van der Waals surface area contributed by atoms with Crippen molar-refractivity contribution in [2.24, 2.45) is 0 Å². The van der Waals surface area contributed by atoms with Crippen LogP contribution in [0.15, 0.2) is 41.7 Å². The molecule has 0 radical (unpaired) electrons. The van der Waals surface area contributed by atoms with Crippen molar-refractivity contribution in [2.45, 2.75) is 31.2 Å². The van der Waals surface area contributed by atoms with E-state index in [1.54, 1.807) is 6.20 Å². The maximum absolute atomic E-state index is 12.4. The topological polar surface area (TPSA) is 70.7 Å². The van der Waals surface area contributed by atoms with E-state index >= 15 is 0 Å². The normalized spacial score (nSPS) is 12.3. The summed E-state index contributed by atoms with van der Waals surface area (Å²) in [5.41, 5.74) is 4.64. The van der Waals surface area contributed by atoms with Gasteiger partial charge in [-0.2, -0.15) is 0 Å². The minimum atomic E-state index is -0.268. The van der Waals surface area contributed by atoms with Crippen molar-refractivity contribution in [3.63, 3.8) is 0 Å². The summed E-state index contributed by atoms with van der Waals surface area (Å²) in [5.74, 6) is -0.0443. The number of hydrogen-bond donors (Lipinski definition) is 2. The molecule has 1 atom stereocenters. The van der Waals surface area contributed by atoms with E-state index in [0.29, 0.717) is 10.8 Å². The molecule has 1 aromatic carbocycles. The van der Waals surface area contributed by atoms with E-state index in [2.05, 4.69) is 20.3 Å². The van der Waals surface area contributed by atoms with Gasteiger partial charge in [0.25, 0.3) is 0 Å². The summed E-state index contributed by atoms with van der Waals surface area (Å²) in [6, 6.07) is 9.67. The number of aromatic nitrogens is 3. The van der Waals surface area contributed by atoms with Gasteiger partial charge in [0.2, 0.25) is 5.91 Å². The third kappa shape index (κ3) is 3.37. The van der Waals surface area contributed by atoms with E-state index in [0.717, 1.165) is 22.3 Å². The Kier molecular flexibility index (Phi) is 4.34. The molecule has 2 N–H and O–H groups in total. The number of fused-ring (bicyclic) bond motifs is 1. The number of carbonyl (C=O) groups excluding carboxylic acids is 1. The molecule has 0 aliphatic rings. The molecule has 0 fully saturated rings. The number of anilines is 1. The number of H-pyrrole nitrogens is 1. The number of pyridine rings is 1. The summed E-state index contributed by atoms with van der Waals surface area (Å²) in [6.07, 6.45) is 1.70. The van der Waals surface area contributed by atoms with Crippen molar-refractivity contribution >= 4 is 34.5 Å². The highest BCUT2D eigenvalue weighted by Crippen LogP contribution is 2.24. The lowest BCUT2D eigenvalue weighted by Gasteiger charge is -2.13.